The number of nitro groups is 3. The molecule has 0 aliphatic carbocycles. The average molecular weight is 959 g/mol. The van der Waals surface area contributed by atoms with Crippen molar-refractivity contribution in [2.24, 2.45) is 0 Å². The molecule has 9 nitrogen and oxygen atoms in total. The van der Waals surface area contributed by atoms with Crippen molar-refractivity contribution in [2.75, 3.05) is 0 Å². The predicted molar refractivity (Wildman–Crippen MR) is 253 cm³/mol. The number of hydrogen-bond donors (Lipinski definition) is 0. The van der Waals surface area contributed by atoms with E-state index in [4.69, 9.17) is 69.6 Å². The molecule has 324 valence electrons. The molecule has 6 aromatic carbocycles. The Bertz CT molecular complexity index is 2100. The first-order valence-corrected chi connectivity index (χ1v) is 21.7. The minimum absolute atomic E-state index is 0.214. The van der Waals surface area contributed by atoms with Gasteiger partial charge in [0, 0.05) is 64.7 Å². The SMILES string of the molecule is CC(C(c1ccc(Cl)cc1)c1ccc(Cl)cc1)[N+](=O)[O-].CCC(C(c1ccc(Cl)cc1)c1ccc(Cl)cc1)[N+](=O)[O-].CCC(C(c1ccc(Cl)cc1)c1ccc(Cl)cc1)[N+](=O)[O-]. The van der Waals surface area contributed by atoms with Crippen LogP contribution in [-0.4, -0.2) is 32.9 Å². The Morgan fingerprint density at radius 2 is 0.532 bits per heavy atom. The van der Waals surface area contributed by atoms with Gasteiger partial charge in [-0.1, -0.05) is 156 Å². The summed E-state index contributed by atoms with van der Waals surface area (Å²) in [5.41, 5.74) is 5.24. The molecule has 6 rings (SSSR count). The molecule has 0 aliphatic heterocycles. The fourth-order valence-corrected chi connectivity index (χ4v) is 7.93. The summed E-state index contributed by atoms with van der Waals surface area (Å²) in [4.78, 5) is 33.3. The molecule has 0 saturated heterocycles. The molecular formula is C47H43Cl6N3O6. The zero-order valence-corrected chi connectivity index (χ0v) is 38.3. The lowest BCUT2D eigenvalue weighted by molar-refractivity contribution is -0.525. The van der Waals surface area contributed by atoms with Crippen LogP contribution in [0.3, 0.4) is 0 Å². The van der Waals surface area contributed by atoms with Crippen LogP contribution in [0.15, 0.2) is 146 Å². The predicted octanol–water partition coefficient (Wildman–Crippen LogP) is 15.2. The van der Waals surface area contributed by atoms with Crippen molar-refractivity contribution >= 4 is 69.6 Å². The molecule has 0 saturated carbocycles. The van der Waals surface area contributed by atoms with Gasteiger partial charge in [-0.15, -0.1) is 0 Å². The summed E-state index contributed by atoms with van der Waals surface area (Å²) >= 11 is 35.4. The molecule has 6 aromatic rings. The van der Waals surface area contributed by atoms with Gasteiger partial charge in [0.25, 0.3) is 0 Å². The topological polar surface area (TPSA) is 129 Å². The largest absolute Gasteiger partial charge is 0.264 e. The van der Waals surface area contributed by atoms with Crippen molar-refractivity contribution in [1.82, 2.24) is 0 Å². The lowest BCUT2D eigenvalue weighted by Crippen LogP contribution is -2.27. The average Bonchev–Trinajstić information content (AvgIpc) is 3.25. The molecule has 0 aliphatic rings. The van der Waals surface area contributed by atoms with Crippen LogP contribution < -0.4 is 0 Å². The first-order chi connectivity index (χ1) is 29.5. The van der Waals surface area contributed by atoms with Gasteiger partial charge in [-0.3, -0.25) is 30.3 Å². The molecule has 0 N–H and O–H groups in total. The van der Waals surface area contributed by atoms with Crippen molar-refractivity contribution in [2.45, 2.75) is 69.5 Å². The third-order valence-corrected chi connectivity index (χ3v) is 11.8. The fraction of sp³-hybridized carbons (Fsp3) is 0.234. The molecule has 62 heavy (non-hydrogen) atoms. The molecule has 0 heterocycles. The van der Waals surface area contributed by atoms with E-state index in [0.717, 1.165) is 33.4 Å². The summed E-state index contributed by atoms with van der Waals surface area (Å²) in [6.07, 6.45) is 0.895. The summed E-state index contributed by atoms with van der Waals surface area (Å²) < 4.78 is 0. The standard InChI is InChI=1S/2C16H15Cl2NO2.C15H13Cl2NO2/c2*1-2-15(19(20)21)16(11-3-7-13(17)8-4-11)12-5-9-14(18)10-6-12;1-10(18(19)20)15(11-2-6-13(16)7-3-11)12-4-8-14(17)9-5-12/h2*3-10,15-16H,2H2,1H3;2-10,15H,1H3. The van der Waals surface area contributed by atoms with Gasteiger partial charge < -0.3 is 0 Å². The maximum Gasteiger partial charge on any atom is 0.223 e. The van der Waals surface area contributed by atoms with Crippen molar-refractivity contribution in [3.63, 3.8) is 0 Å². The van der Waals surface area contributed by atoms with Gasteiger partial charge in [0.1, 0.15) is 0 Å². The third kappa shape index (κ3) is 14.1. The van der Waals surface area contributed by atoms with E-state index in [1.807, 2.05) is 86.6 Å². The van der Waals surface area contributed by atoms with E-state index in [0.29, 0.717) is 43.0 Å². The van der Waals surface area contributed by atoms with Crippen LogP contribution in [0.1, 0.15) is 84.7 Å². The fourth-order valence-electron chi connectivity index (χ4n) is 7.18. The van der Waals surface area contributed by atoms with Gasteiger partial charge in [0.05, 0.1) is 17.8 Å². The van der Waals surface area contributed by atoms with Crippen molar-refractivity contribution in [1.29, 1.82) is 0 Å². The minimum atomic E-state index is -0.739. The summed E-state index contributed by atoms with van der Waals surface area (Å²) in [5.74, 6) is -0.974. The van der Waals surface area contributed by atoms with Crippen molar-refractivity contribution in [3.8, 4) is 0 Å². The zero-order chi connectivity index (χ0) is 45.5. The Balaban J connectivity index is 0.000000205. The lowest BCUT2D eigenvalue weighted by atomic mass is 9.84. The van der Waals surface area contributed by atoms with Crippen molar-refractivity contribution in [3.05, 3.63) is 239 Å². The van der Waals surface area contributed by atoms with Crippen LogP contribution in [-0.2, 0) is 0 Å². The van der Waals surface area contributed by atoms with Crippen LogP contribution in [0, 0.1) is 30.3 Å². The highest BCUT2D eigenvalue weighted by atomic mass is 35.5. The van der Waals surface area contributed by atoms with Gasteiger partial charge in [0.15, 0.2) is 0 Å². The molecule has 15 heteroatoms. The molecule has 0 spiro atoms. The second kappa shape index (κ2) is 24.2. The Labute approximate surface area is 391 Å². The first kappa shape index (κ1) is 49.9. The van der Waals surface area contributed by atoms with Gasteiger partial charge >= 0.3 is 0 Å². The van der Waals surface area contributed by atoms with Gasteiger partial charge in [-0.25, -0.2) is 0 Å². The quantitative estimate of drug-likeness (QED) is 0.0789. The monoisotopic (exact) mass is 955 g/mol. The van der Waals surface area contributed by atoms with E-state index in [-0.39, 0.29) is 32.5 Å². The molecule has 3 unspecified atom stereocenters. The van der Waals surface area contributed by atoms with E-state index < -0.39 is 18.1 Å². The zero-order valence-electron chi connectivity index (χ0n) is 33.8. The Morgan fingerprint density at radius 3 is 0.677 bits per heavy atom. The number of halogens is 6. The molecular weight excluding hydrogens is 915 g/mol. The van der Waals surface area contributed by atoms with Crippen LogP contribution in [0.25, 0.3) is 0 Å². The van der Waals surface area contributed by atoms with Crippen LogP contribution in [0.5, 0.6) is 0 Å². The molecule has 0 bridgehead atoms. The van der Waals surface area contributed by atoms with E-state index in [1.165, 1.54) is 0 Å². The lowest BCUT2D eigenvalue weighted by Gasteiger charge is -2.21. The molecule has 0 fully saturated rings. The third-order valence-electron chi connectivity index (χ3n) is 10.3. The number of hydrogen-bond acceptors (Lipinski definition) is 6. The maximum atomic E-state index is 11.4. The number of benzene rings is 6. The number of nitrogens with zero attached hydrogens (tertiary/aromatic N) is 3. The Hall–Kier alpha value is -4.74. The van der Waals surface area contributed by atoms with Crippen LogP contribution in [0.2, 0.25) is 30.1 Å². The van der Waals surface area contributed by atoms with E-state index in [2.05, 4.69) is 0 Å². The van der Waals surface area contributed by atoms with Gasteiger partial charge in [0.2, 0.25) is 18.1 Å². The molecule has 0 radical (unpaired) electrons. The van der Waals surface area contributed by atoms with E-state index >= 15 is 0 Å². The maximum absolute atomic E-state index is 11.4. The van der Waals surface area contributed by atoms with Gasteiger partial charge in [-0.05, 0) is 106 Å². The highest BCUT2D eigenvalue weighted by molar-refractivity contribution is 6.32. The molecule has 0 aromatic heterocycles. The van der Waals surface area contributed by atoms with Crippen LogP contribution in [0.4, 0.5) is 0 Å². The molecule has 3 atom stereocenters. The first-order valence-electron chi connectivity index (χ1n) is 19.5. The normalized spacial score (nSPS) is 12.4. The molecule has 0 amide bonds. The van der Waals surface area contributed by atoms with Crippen LogP contribution >= 0.6 is 69.6 Å². The second-order valence-corrected chi connectivity index (χ2v) is 16.9. The summed E-state index contributed by atoms with van der Waals surface area (Å²) in [7, 11) is 0. The van der Waals surface area contributed by atoms with E-state index in [9.17, 15) is 30.3 Å². The summed E-state index contributed by atoms with van der Waals surface area (Å²) in [5, 5.41) is 37.7. The highest BCUT2D eigenvalue weighted by Crippen LogP contribution is 2.35. The summed E-state index contributed by atoms with van der Waals surface area (Å²) in [6, 6.07) is 40.9. The smallest absolute Gasteiger partial charge is 0.223 e. The second-order valence-electron chi connectivity index (χ2n) is 14.3. The van der Waals surface area contributed by atoms with E-state index in [1.54, 1.807) is 79.7 Å². The number of rotatable bonds is 14. The minimum Gasteiger partial charge on any atom is -0.264 e. The highest BCUT2D eigenvalue weighted by Gasteiger charge is 2.34. The Kier molecular flexibility index (Phi) is 19.5. The van der Waals surface area contributed by atoms with Crippen molar-refractivity contribution < 1.29 is 14.8 Å². The van der Waals surface area contributed by atoms with Gasteiger partial charge in [-0.2, -0.15) is 0 Å². The Morgan fingerprint density at radius 1 is 0.355 bits per heavy atom. The summed E-state index contributed by atoms with van der Waals surface area (Å²) in [6.45, 7) is 5.26.